The fourth-order valence-corrected chi connectivity index (χ4v) is 3.88. The summed E-state index contributed by atoms with van der Waals surface area (Å²) in [7, 11) is 0. The summed E-state index contributed by atoms with van der Waals surface area (Å²) >= 11 is 0. The molecule has 9 heteroatoms. The van der Waals surface area contributed by atoms with Gasteiger partial charge >= 0.3 is 11.9 Å². The van der Waals surface area contributed by atoms with Gasteiger partial charge in [0.05, 0.1) is 34.2 Å². The summed E-state index contributed by atoms with van der Waals surface area (Å²) in [4.78, 5) is 44.9. The number of aromatic nitrogens is 3. The number of fused-ring (bicyclic) bond motifs is 2. The number of aryl methyl sites for hydroxylation is 2. The number of nitrogens with one attached hydrogen (secondary N) is 1. The number of nitrogens with zero attached hydrogens (tertiary/aromatic N) is 3. The van der Waals surface area contributed by atoms with Crippen LogP contribution in [0.25, 0.3) is 10.9 Å². The SMILES string of the molecule is Cc1nc2cc3c(cc2c(=O)n1COC(=O)C(C)(C)C)C(Nc1ccc(C(=O)O)nc1)CC3. The zero-order valence-electron chi connectivity index (χ0n) is 19.0. The molecule has 0 saturated carbocycles. The molecule has 1 atom stereocenters. The summed E-state index contributed by atoms with van der Waals surface area (Å²) in [5.41, 5.74) is 2.46. The molecule has 0 saturated heterocycles. The van der Waals surface area contributed by atoms with E-state index in [0.717, 1.165) is 24.0 Å². The van der Waals surface area contributed by atoms with E-state index in [9.17, 15) is 14.4 Å². The van der Waals surface area contributed by atoms with Gasteiger partial charge in [-0.05, 0) is 75.9 Å². The highest BCUT2D eigenvalue weighted by molar-refractivity contribution is 5.85. The van der Waals surface area contributed by atoms with E-state index in [1.165, 1.54) is 16.8 Å². The number of carboxylic acid groups (broad SMARTS) is 1. The predicted molar refractivity (Wildman–Crippen MR) is 122 cm³/mol. The third kappa shape index (κ3) is 4.44. The van der Waals surface area contributed by atoms with Crippen molar-refractivity contribution in [2.45, 2.75) is 53.3 Å². The molecule has 1 aromatic carbocycles. The minimum Gasteiger partial charge on any atom is -0.477 e. The molecule has 172 valence electrons. The predicted octanol–water partition coefficient (Wildman–Crippen LogP) is 3.44. The second-order valence-corrected chi connectivity index (χ2v) is 9.24. The molecule has 0 aliphatic heterocycles. The molecule has 1 aliphatic carbocycles. The van der Waals surface area contributed by atoms with Crippen LogP contribution in [0.15, 0.2) is 35.3 Å². The van der Waals surface area contributed by atoms with Gasteiger partial charge in [-0.3, -0.25) is 14.2 Å². The number of anilines is 1. The number of esters is 1. The van der Waals surface area contributed by atoms with Crippen molar-refractivity contribution in [1.29, 1.82) is 0 Å². The van der Waals surface area contributed by atoms with Crippen LogP contribution in [0.4, 0.5) is 5.69 Å². The fourth-order valence-electron chi connectivity index (χ4n) is 3.88. The van der Waals surface area contributed by atoms with Crippen LogP contribution in [-0.2, 0) is 22.7 Å². The van der Waals surface area contributed by atoms with Gasteiger partial charge in [0.25, 0.3) is 5.56 Å². The number of pyridine rings is 1. The summed E-state index contributed by atoms with van der Waals surface area (Å²) in [5, 5.41) is 12.9. The third-order valence-electron chi connectivity index (χ3n) is 5.74. The average molecular weight is 450 g/mol. The molecule has 0 bridgehead atoms. The number of benzene rings is 1. The average Bonchev–Trinajstić information content (AvgIpc) is 3.13. The number of rotatable bonds is 5. The normalized spacial score (nSPS) is 15.3. The Balaban J connectivity index is 1.64. The first-order chi connectivity index (χ1) is 15.5. The first kappa shape index (κ1) is 22.4. The van der Waals surface area contributed by atoms with Gasteiger partial charge in [0.1, 0.15) is 11.5 Å². The van der Waals surface area contributed by atoms with E-state index in [4.69, 9.17) is 9.84 Å². The van der Waals surface area contributed by atoms with E-state index in [1.807, 2.05) is 12.1 Å². The molecular weight excluding hydrogens is 424 g/mol. The van der Waals surface area contributed by atoms with E-state index in [-0.39, 0.29) is 24.0 Å². The summed E-state index contributed by atoms with van der Waals surface area (Å²) in [6.07, 6.45) is 3.14. The van der Waals surface area contributed by atoms with Crippen molar-refractivity contribution in [1.82, 2.24) is 14.5 Å². The Morgan fingerprint density at radius 3 is 2.67 bits per heavy atom. The summed E-state index contributed by atoms with van der Waals surface area (Å²) in [6, 6.07) is 6.88. The van der Waals surface area contributed by atoms with Crippen LogP contribution in [0.3, 0.4) is 0 Å². The van der Waals surface area contributed by atoms with Gasteiger partial charge in [-0.2, -0.15) is 0 Å². The molecule has 2 N–H and O–H groups in total. The first-order valence-corrected chi connectivity index (χ1v) is 10.7. The van der Waals surface area contributed by atoms with Crippen molar-refractivity contribution in [3.63, 3.8) is 0 Å². The van der Waals surface area contributed by atoms with Gasteiger partial charge in [0.15, 0.2) is 6.73 Å². The number of carbonyl (C=O) groups excluding carboxylic acids is 1. The second kappa shape index (κ2) is 8.31. The Kier molecular flexibility index (Phi) is 5.65. The largest absolute Gasteiger partial charge is 0.477 e. The van der Waals surface area contributed by atoms with Crippen LogP contribution in [-0.4, -0.2) is 31.6 Å². The molecule has 0 radical (unpaired) electrons. The highest BCUT2D eigenvalue weighted by atomic mass is 16.5. The van der Waals surface area contributed by atoms with Crippen LogP contribution in [0.1, 0.15) is 60.7 Å². The number of carbonyl (C=O) groups is 2. The number of carboxylic acids is 1. The minimum absolute atomic E-state index is 0.0208. The smallest absolute Gasteiger partial charge is 0.354 e. The van der Waals surface area contributed by atoms with Crippen LogP contribution < -0.4 is 10.9 Å². The van der Waals surface area contributed by atoms with E-state index in [1.54, 1.807) is 33.8 Å². The van der Waals surface area contributed by atoms with Gasteiger partial charge in [-0.1, -0.05) is 0 Å². The van der Waals surface area contributed by atoms with Gasteiger partial charge in [0.2, 0.25) is 0 Å². The topological polar surface area (TPSA) is 123 Å². The lowest BCUT2D eigenvalue weighted by Crippen LogP contribution is -2.30. The molecular formula is C24H26N4O5. The second-order valence-electron chi connectivity index (χ2n) is 9.24. The highest BCUT2D eigenvalue weighted by Crippen LogP contribution is 2.35. The molecule has 0 amide bonds. The molecule has 2 heterocycles. The van der Waals surface area contributed by atoms with Crippen LogP contribution >= 0.6 is 0 Å². The number of ether oxygens (including phenoxy) is 1. The van der Waals surface area contributed by atoms with Crippen molar-refractivity contribution in [2.24, 2.45) is 5.41 Å². The lowest BCUT2D eigenvalue weighted by Gasteiger charge is -2.19. The molecule has 9 nitrogen and oxygen atoms in total. The van der Waals surface area contributed by atoms with E-state index >= 15 is 0 Å². The van der Waals surface area contributed by atoms with Crippen molar-refractivity contribution in [2.75, 3.05) is 5.32 Å². The van der Waals surface area contributed by atoms with Crippen molar-refractivity contribution in [3.05, 3.63) is 63.5 Å². The Hall–Kier alpha value is -3.75. The number of hydrogen-bond donors (Lipinski definition) is 2. The molecule has 1 unspecified atom stereocenters. The van der Waals surface area contributed by atoms with E-state index in [0.29, 0.717) is 22.4 Å². The van der Waals surface area contributed by atoms with Gasteiger partial charge in [0, 0.05) is 0 Å². The monoisotopic (exact) mass is 450 g/mol. The van der Waals surface area contributed by atoms with E-state index < -0.39 is 17.4 Å². The lowest BCUT2D eigenvalue weighted by atomic mass is 9.98. The molecule has 2 aromatic heterocycles. The summed E-state index contributed by atoms with van der Waals surface area (Å²) < 4.78 is 6.71. The zero-order chi connectivity index (χ0) is 23.9. The standard InChI is InChI=1S/C24H26N4O5/c1-13-26-20-9-14-5-7-18(27-15-6-8-19(22(30)31)25-11-15)16(14)10-17(20)21(29)28(13)12-33-23(32)24(2,3)4/h6,8-11,18,27H,5,7,12H2,1-4H3,(H,30,31). The Bertz CT molecular complexity index is 1310. The fraction of sp³-hybridized carbons (Fsp3) is 0.375. The Morgan fingerprint density at radius 1 is 1.27 bits per heavy atom. The molecule has 0 spiro atoms. The quantitative estimate of drug-likeness (QED) is 0.567. The van der Waals surface area contributed by atoms with Crippen LogP contribution in [0, 0.1) is 12.3 Å². The molecule has 0 fully saturated rings. The van der Waals surface area contributed by atoms with E-state index in [2.05, 4.69) is 15.3 Å². The lowest BCUT2D eigenvalue weighted by molar-refractivity contribution is -0.157. The van der Waals surface area contributed by atoms with Gasteiger partial charge < -0.3 is 15.2 Å². The van der Waals surface area contributed by atoms with Gasteiger partial charge in [-0.15, -0.1) is 0 Å². The van der Waals surface area contributed by atoms with Crippen molar-refractivity contribution < 1.29 is 19.4 Å². The Morgan fingerprint density at radius 2 is 2.03 bits per heavy atom. The molecule has 4 rings (SSSR count). The molecule has 33 heavy (non-hydrogen) atoms. The Labute approximate surface area is 190 Å². The first-order valence-electron chi connectivity index (χ1n) is 10.7. The third-order valence-corrected chi connectivity index (χ3v) is 5.74. The van der Waals surface area contributed by atoms with Crippen molar-refractivity contribution in [3.8, 4) is 0 Å². The highest BCUT2D eigenvalue weighted by Gasteiger charge is 2.26. The maximum Gasteiger partial charge on any atom is 0.354 e. The maximum atomic E-state index is 13.2. The van der Waals surface area contributed by atoms with Crippen LogP contribution in [0.5, 0.6) is 0 Å². The zero-order valence-corrected chi connectivity index (χ0v) is 19.0. The number of aromatic carboxylic acids is 1. The number of hydrogen-bond acceptors (Lipinski definition) is 7. The summed E-state index contributed by atoms with van der Waals surface area (Å²) in [6.45, 7) is 6.79. The van der Waals surface area contributed by atoms with Crippen LogP contribution in [0.2, 0.25) is 0 Å². The maximum absolute atomic E-state index is 13.2. The van der Waals surface area contributed by atoms with Crippen molar-refractivity contribution >= 4 is 28.5 Å². The van der Waals surface area contributed by atoms with Gasteiger partial charge in [-0.25, -0.2) is 14.8 Å². The molecule has 3 aromatic rings. The minimum atomic E-state index is -1.08. The summed E-state index contributed by atoms with van der Waals surface area (Å²) in [5.74, 6) is -0.993. The molecule has 1 aliphatic rings.